The number of carbonyl (C=O) groups excluding carboxylic acids is 2. The molecule has 1 N–H and O–H groups in total. The third-order valence-electron chi connectivity index (χ3n) is 4.00. The van der Waals surface area contributed by atoms with E-state index in [2.05, 4.69) is 15.5 Å². The minimum absolute atomic E-state index is 0.000123. The number of amides is 2. The maximum Gasteiger partial charge on any atom is 0.322 e. The van der Waals surface area contributed by atoms with Gasteiger partial charge in [-0.25, -0.2) is 0 Å². The van der Waals surface area contributed by atoms with Crippen LogP contribution in [0, 0.1) is 5.92 Å². The lowest BCUT2D eigenvalue weighted by molar-refractivity contribution is -0.122. The highest BCUT2D eigenvalue weighted by atomic mass is 35.5. The summed E-state index contributed by atoms with van der Waals surface area (Å²) in [5.74, 6) is -0.605. The molecule has 1 fully saturated rings. The van der Waals surface area contributed by atoms with E-state index in [0.717, 1.165) is 5.69 Å². The van der Waals surface area contributed by atoms with E-state index in [-0.39, 0.29) is 30.1 Å². The van der Waals surface area contributed by atoms with Crippen molar-refractivity contribution in [3.05, 3.63) is 46.8 Å². The second kappa shape index (κ2) is 6.89. The summed E-state index contributed by atoms with van der Waals surface area (Å²) >= 11 is 7.19. The molecule has 1 atom stereocenters. The average Bonchev–Trinajstić information content (AvgIpc) is 3.35. The van der Waals surface area contributed by atoms with Crippen LogP contribution in [-0.4, -0.2) is 28.6 Å². The van der Waals surface area contributed by atoms with Crippen LogP contribution < -0.4 is 10.2 Å². The first-order chi connectivity index (χ1) is 12.6. The van der Waals surface area contributed by atoms with Gasteiger partial charge in [0, 0.05) is 18.7 Å². The van der Waals surface area contributed by atoms with E-state index in [9.17, 15) is 9.59 Å². The zero-order valence-electron chi connectivity index (χ0n) is 13.4. The third kappa shape index (κ3) is 3.33. The molecule has 7 nitrogen and oxygen atoms in total. The number of nitrogens with zero attached hydrogens (tertiary/aromatic N) is 3. The van der Waals surface area contributed by atoms with Crippen LogP contribution in [0.25, 0.3) is 10.8 Å². The summed E-state index contributed by atoms with van der Waals surface area (Å²) in [6, 6.07) is 12.8. The second-order valence-corrected chi connectivity index (χ2v) is 7.46. The van der Waals surface area contributed by atoms with Gasteiger partial charge in [-0.2, -0.15) is 0 Å². The predicted octanol–water partition coefficient (Wildman–Crippen LogP) is 3.44. The number of thiophene rings is 1. The standard InChI is InChI=1S/C17H13ClN4O3S/c18-13-7-6-12(26-13)16-20-21-17(25-16)19-15(24)10-8-14(23)22(9-10)11-4-2-1-3-5-11/h1-7,10H,8-9H2,(H,19,21,24)/t10-/m0/s1. The first-order valence-electron chi connectivity index (χ1n) is 7.85. The number of halogens is 1. The summed E-state index contributed by atoms with van der Waals surface area (Å²) in [4.78, 5) is 27.0. The van der Waals surface area contributed by atoms with Crippen molar-refractivity contribution < 1.29 is 14.0 Å². The van der Waals surface area contributed by atoms with Gasteiger partial charge in [-0.1, -0.05) is 34.9 Å². The minimum atomic E-state index is -0.478. The maximum absolute atomic E-state index is 12.5. The molecule has 0 radical (unpaired) electrons. The van der Waals surface area contributed by atoms with Crippen molar-refractivity contribution in [2.45, 2.75) is 6.42 Å². The van der Waals surface area contributed by atoms with Gasteiger partial charge < -0.3 is 9.32 Å². The summed E-state index contributed by atoms with van der Waals surface area (Å²) < 4.78 is 6.06. The van der Waals surface area contributed by atoms with Gasteiger partial charge in [-0.15, -0.1) is 16.4 Å². The Morgan fingerprint density at radius 1 is 1.23 bits per heavy atom. The minimum Gasteiger partial charge on any atom is -0.402 e. The van der Waals surface area contributed by atoms with Gasteiger partial charge in [0.1, 0.15) is 0 Å². The topological polar surface area (TPSA) is 88.3 Å². The summed E-state index contributed by atoms with van der Waals surface area (Å²) in [6.07, 6.45) is 0.141. The quantitative estimate of drug-likeness (QED) is 0.739. The number of rotatable bonds is 4. The molecular formula is C17H13ClN4O3S. The Morgan fingerprint density at radius 3 is 2.77 bits per heavy atom. The Kier molecular flexibility index (Phi) is 4.44. The van der Waals surface area contributed by atoms with Crippen molar-refractivity contribution in [2.75, 3.05) is 16.8 Å². The van der Waals surface area contributed by atoms with E-state index in [1.54, 1.807) is 17.0 Å². The molecule has 2 amide bonds. The molecule has 0 aliphatic carbocycles. The fraction of sp³-hybridized carbons (Fsp3) is 0.176. The van der Waals surface area contributed by atoms with Crippen molar-refractivity contribution in [1.82, 2.24) is 10.2 Å². The van der Waals surface area contributed by atoms with Crippen LogP contribution in [0.5, 0.6) is 0 Å². The predicted molar refractivity (Wildman–Crippen MR) is 98.2 cm³/mol. The Morgan fingerprint density at radius 2 is 2.04 bits per heavy atom. The van der Waals surface area contributed by atoms with Gasteiger partial charge >= 0.3 is 6.01 Å². The highest BCUT2D eigenvalue weighted by Crippen LogP contribution is 2.31. The van der Waals surface area contributed by atoms with Crippen LogP contribution in [0.1, 0.15) is 6.42 Å². The number of anilines is 2. The second-order valence-electron chi connectivity index (χ2n) is 5.75. The van der Waals surface area contributed by atoms with E-state index in [0.29, 0.717) is 15.8 Å². The SMILES string of the molecule is O=C(Nc1nnc(-c2ccc(Cl)s2)o1)[C@H]1CC(=O)N(c2ccccc2)C1. The van der Waals surface area contributed by atoms with Gasteiger partial charge in [-0.05, 0) is 24.3 Å². The van der Waals surface area contributed by atoms with Gasteiger partial charge in [0.2, 0.25) is 11.8 Å². The zero-order valence-corrected chi connectivity index (χ0v) is 15.0. The molecule has 1 aliphatic rings. The fourth-order valence-corrected chi connectivity index (χ4v) is 3.72. The molecule has 3 aromatic rings. The molecule has 26 heavy (non-hydrogen) atoms. The number of benzene rings is 1. The molecule has 4 rings (SSSR count). The molecule has 0 spiro atoms. The van der Waals surface area contributed by atoms with E-state index in [1.165, 1.54) is 11.3 Å². The molecule has 1 aliphatic heterocycles. The average molecular weight is 389 g/mol. The van der Waals surface area contributed by atoms with Crippen molar-refractivity contribution >= 4 is 46.5 Å². The normalized spacial score (nSPS) is 16.9. The van der Waals surface area contributed by atoms with Crippen LogP contribution in [0.3, 0.4) is 0 Å². The molecule has 0 bridgehead atoms. The van der Waals surface area contributed by atoms with Gasteiger partial charge in [0.25, 0.3) is 5.89 Å². The number of aromatic nitrogens is 2. The van der Waals surface area contributed by atoms with Crippen LogP contribution >= 0.6 is 22.9 Å². The molecule has 1 aromatic carbocycles. The molecule has 9 heteroatoms. The lowest BCUT2D eigenvalue weighted by Crippen LogP contribution is -2.28. The fourth-order valence-electron chi connectivity index (χ4n) is 2.75. The summed E-state index contributed by atoms with van der Waals surface area (Å²) in [7, 11) is 0. The largest absolute Gasteiger partial charge is 0.402 e. The number of hydrogen-bond donors (Lipinski definition) is 1. The first-order valence-corrected chi connectivity index (χ1v) is 9.05. The Labute approximate surface area is 157 Å². The van der Waals surface area contributed by atoms with Gasteiger partial charge in [-0.3, -0.25) is 14.9 Å². The van der Waals surface area contributed by atoms with Crippen molar-refractivity contribution in [3.8, 4) is 10.8 Å². The molecule has 132 valence electrons. The van der Waals surface area contributed by atoms with Crippen molar-refractivity contribution in [1.29, 1.82) is 0 Å². The molecule has 0 saturated carbocycles. The van der Waals surface area contributed by atoms with Gasteiger partial charge in [0.15, 0.2) is 0 Å². The van der Waals surface area contributed by atoms with Crippen LogP contribution in [0.4, 0.5) is 11.7 Å². The number of hydrogen-bond acceptors (Lipinski definition) is 6. The first kappa shape index (κ1) is 16.7. The summed E-state index contributed by atoms with van der Waals surface area (Å²) in [6.45, 7) is 0.316. The Hall–Kier alpha value is -2.71. The molecule has 0 unspecified atom stereocenters. The maximum atomic E-state index is 12.5. The highest BCUT2D eigenvalue weighted by molar-refractivity contribution is 7.19. The molecule has 3 heterocycles. The van der Waals surface area contributed by atoms with E-state index >= 15 is 0 Å². The molecule has 2 aromatic heterocycles. The summed E-state index contributed by atoms with van der Waals surface area (Å²) in [5, 5.41) is 10.3. The number of carbonyl (C=O) groups is 2. The lowest BCUT2D eigenvalue weighted by atomic mass is 10.1. The number of nitrogens with one attached hydrogen (secondary N) is 1. The van der Waals surface area contributed by atoms with Crippen LogP contribution in [-0.2, 0) is 9.59 Å². The smallest absolute Gasteiger partial charge is 0.322 e. The molecule has 1 saturated heterocycles. The van der Waals surface area contributed by atoms with Gasteiger partial charge in [0.05, 0.1) is 15.1 Å². The van der Waals surface area contributed by atoms with E-state index < -0.39 is 5.92 Å². The van der Waals surface area contributed by atoms with Crippen molar-refractivity contribution in [2.24, 2.45) is 5.92 Å². The Balaban J connectivity index is 1.43. The van der Waals surface area contributed by atoms with E-state index in [1.807, 2.05) is 30.3 Å². The highest BCUT2D eigenvalue weighted by Gasteiger charge is 2.35. The molecular weight excluding hydrogens is 376 g/mol. The zero-order chi connectivity index (χ0) is 18.1. The van der Waals surface area contributed by atoms with Crippen molar-refractivity contribution in [3.63, 3.8) is 0 Å². The number of para-hydroxylation sites is 1. The lowest BCUT2D eigenvalue weighted by Gasteiger charge is -2.16. The van der Waals surface area contributed by atoms with Crippen LogP contribution in [0.15, 0.2) is 46.9 Å². The Bertz CT molecular complexity index is 956. The summed E-state index contributed by atoms with van der Waals surface area (Å²) in [5.41, 5.74) is 0.780. The van der Waals surface area contributed by atoms with E-state index in [4.69, 9.17) is 16.0 Å². The monoisotopic (exact) mass is 388 g/mol. The third-order valence-corrected chi connectivity index (χ3v) is 5.22. The van der Waals surface area contributed by atoms with Crippen LogP contribution in [0.2, 0.25) is 4.34 Å².